The highest BCUT2D eigenvalue weighted by atomic mass is 127. The number of guanidine groups is 1. The van der Waals surface area contributed by atoms with Crippen molar-refractivity contribution in [2.24, 2.45) is 10.7 Å². The molecule has 0 amide bonds. The average Bonchev–Trinajstić information content (AvgIpc) is 2.45. The minimum absolute atomic E-state index is 0. The van der Waals surface area contributed by atoms with Gasteiger partial charge in [-0.3, -0.25) is 0 Å². The first-order chi connectivity index (χ1) is 9.47. The van der Waals surface area contributed by atoms with E-state index in [9.17, 15) is 13.2 Å². The standard InChI is InChI=1S/C13H16F3N3S.HI/c14-13(15,16)11-3-1-10(2-4-11)9-18-12(17)19-5-7-20-8-6-19;/h1-4H,5-9H2,(H2,17,18);1H. The second kappa shape index (κ2) is 8.11. The lowest BCUT2D eigenvalue weighted by Crippen LogP contribution is -2.42. The van der Waals surface area contributed by atoms with Gasteiger partial charge in [0.1, 0.15) is 0 Å². The Morgan fingerprint density at radius 1 is 1.19 bits per heavy atom. The minimum atomic E-state index is -4.30. The first kappa shape index (κ1) is 18.4. The largest absolute Gasteiger partial charge is 0.416 e. The summed E-state index contributed by atoms with van der Waals surface area (Å²) in [6.07, 6.45) is -4.30. The first-order valence-corrected chi connectivity index (χ1v) is 7.41. The van der Waals surface area contributed by atoms with Crippen molar-refractivity contribution in [1.29, 1.82) is 0 Å². The van der Waals surface area contributed by atoms with Crippen molar-refractivity contribution in [2.45, 2.75) is 12.7 Å². The lowest BCUT2D eigenvalue weighted by Gasteiger charge is -2.27. The molecule has 2 rings (SSSR count). The maximum Gasteiger partial charge on any atom is 0.416 e. The number of rotatable bonds is 2. The molecule has 8 heteroatoms. The van der Waals surface area contributed by atoms with Crippen LogP contribution in [0.3, 0.4) is 0 Å². The van der Waals surface area contributed by atoms with Crippen LogP contribution in [0.15, 0.2) is 29.3 Å². The zero-order valence-electron chi connectivity index (χ0n) is 11.3. The van der Waals surface area contributed by atoms with Crippen LogP contribution in [0, 0.1) is 0 Å². The molecule has 0 aliphatic carbocycles. The molecule has 21 heavy (non-hydrogen) atoms. The molecular weight excluding hydrogens is 414 g/mol. The molecule has 0 radical (unpaired) electrons. The quantitative estimate of drug-likeness (QED) is 0.445. The summed E-state index contributed by atoms with van der Waals surface area (Å²) in [6.45, 7) is 2.04. The fraction of sp³-hybridized carbons (Fsp3) is 0.462. The highest BCUT2D eigenvalue weighted by Gasteiger charge is 2.29. The van der Waals surface area contributed by atoms with Gasteiger partial charge in [0.25, 0.3) is 0 Å². The smallest absolute Gasteiger partial charge is 0.370 e. The van der Waals surface area contributed by atoms with Gasteiger partial charge in [0.2, 0.25) is 0 Å². The van der Waals surface area contributed by atoms with E-state index in [1.807, 2.05) is 16.7 Å². The maximum absolute atomic E-state index is 12.4. The van der Waals surface area contributed by atoms with Crippen molar-refractivity contribution in [1.82, 2.24) is 4.90 Å². The number of nitrogens with zero attached hydrogens (tertiary/aromatic N) is 2. The molecule has 1 saturated heterocycles. The number of nitrogens with two attached hydrogens (primary N) is 1. The van der Waals surface area contributed by atoms with E-state index >= 15 is 0 Å². The van der Waals surface area contributed by atoms with Gasteiger partial charge < -0.3 is 10.6 Å². The Morgan fingerprint density at radius 3 is 2.29 bits per heavy atom. The molecule has 1 aromatic rings. The third-order valence-electron chi connectivity index (χ3n) is 3.04. The van der Waals surface area contributed by atoms with Gasteiger partial charge in [-0.2, -0.15) is 24.9 Å². The number of hydrogen-bond donors (Lipinski definition) is 1. The van der Waals surface area contributed by atoms with Gasteiger partial charge in [-0.1, -0.05) is 12.1 Å². The summed E-state index contributed by atoms with van der Waals surface area (Å²) in [5, 5.41) is 0. The third-order valence-corrected chi connectivity index (χ3v) is 3.98. The predicted molar refractivity (Wildman–Crippen MR) is 91.1 cm³/mol. The Kier molecular flexibility index (Phi) is 7.11. The molecule has 0 spiro atoms. The first-order valence-electron chi connectivity index (χ1n) is 6.25. The lowest BCUT2D eigenvalue weighted by atomic mass is 10.1. The monoisotopic (exact) mass is 431 g/mol. The topological polar surface area (TPSA) is 41.6 Å². The van der Waals surface area contributed by atoms with Crippen molar-refractivity contribution in [2.75, 3.05) is 24.6 Å². The van der Waals surface area contributed by atoms with E-state index < -0.39 is 11.7 Å². The van der Waals surface area contributed by atoms with E-state index in [2.05, 4.69) is 4.99 Å². The van der Waals surface area contributed by atoms with Gasteiger partial charge in [-0.15, -0.1) is 24.0 Å². The van der Waals surface area contributed by atoms with E-state index in [-0.39, 0.29) is 24.0 Å². The van der Waals surface area contributed by atoms with Crippen molar-refractivity contribution < 1.29 is 13.2 Å². The zero-order chi connectivity index (χ0) is 14.6. The van der Waals surface area contributed by atoms with Crippen molar-refractivity contribution in [3.05, 3.63) is 35.4 Å². The third kappa shape index (κ3) is 5.57. The van der Waals surface area contributed by atoms with Gasteiger partial charge in [0, 0.05) is 24.6 Å². The highest BCUT2D eigenvalue weighted by Crippen LogP contribution is 2.29. The number of thioether (sulfide) groups is 1. The summed E-state index contributed by atoms with van der Waals surface area (Å²) in [4.78, 5) is 6.24. The van der Waals surface area contributed by atoms with E-state index in [0.717, 1.165) is 36.7 Å². The molecule has 0 bridgehead atoms. The molecular formula is C13H17F3IN3S. The van der Waals surface area contributed by atoms with Crippen LogP contribution < -0.4 is 5.73 Å². The van der Waals surface area contributed by atoms with Gasteiger partial charge in [-0.05, 0) is 17.7 Å². The summed E-state index contributed by atoms with van der Waals surface area (Å²) < 4.78 is 37.3. The van der Waals surface area contributed by atoms with Crippen LogP contribution >= 0.6 is 35.7 Å². The molecule has 2 N–H and O–H groups in total. The number of benzene rings is 1. The van der Waals surface area contributed by atoms with Crippen molar-refractivity contribution in [3.63, 3.8) is 0 Å². The van der Waals surface area contributed by atoms with Crippen LogP contribution in [-0.2, 0) is 12.7 Å². The summed E-state index contributed by atoms with van der Waals surface area (Å²) in [7, 11) is 0. The zero-order valence-corrected chi connectivity index (χ0v) is 14.4. The molecule has 0 atom stereocenters. The second-order valence-corrected chi connectivity index (χ2v) is 5.69. The maximum atomic E-state index is 12.4. The number of aliphatic imine (C=N–C) groups is 1. The summed E-state index contributed by atoms with van der Waals surface area (Å²) in [5.74, 6) is 2.51. The Hall–Kier alpha value is -0.640. The molecule has 118 valence electrons. The summed E-state index contributed by atoms with van der Waals surface area (Å²) in [6, 6.07) is 5.01. The summed E-state index contributed by atoms with van der Waals surface area (Å²) in [5.41, 5.74) is 5.95. The van der Waals surface area contributed by atoms with E-state index in [1.54, 1.807) is 0 Å². The van der Waals surface area contributed by atoms with Crippen LogP contribution in [0.25, 0.3) is 0 Å². The normalized spacial score (nSPS) is 16.5. The molecule has 1 aliphatic rings. The number of halogens is 4. The fourth-order valence-electron chi connectivity index (χ4n) is 1.86. The fourth-order valence-corrected chi connectivity index (χ4v) is 2.77. The molecule has 3 nitrogen and oxygen atoms in total. The predicted octanol–water partition coefficient (Wildman–Crippen LogP) is 3.19. The van der Waals surface area contributed by atoms with E-state index in [4.69, 9.17) is 5.73 Å². The molecule has 0 saturated carbocycles. The molecule has 0 aromatic heterocycles. The molecule has 1 aliphatic heterocycles. The van der Waals surface area contributed by atoms with Crippen LogP contribution in [0.5, 0.6) is 0 Å². The molecule has 1 aromatic carbocycles. The van der Waals surface area contributed by atoms with Crippen LogP contribution in [0.2, 0.25) is 0 Å². The molecule has 1 fully saturated rings. The Morgan fingerprint density at radius 2 is 1.76 bits per heavy atom. The van der Waals surface area contributed by atoms with E-state index in [0.29, 0.717) is 18.1 Å². The molecule has 1 heterocycles. The molecule has 0 unspecified atom stereocenters. The Bertz CT molecular complexity index is 471. The van der Waals surface area contributed by atoms with Crippen molar-refractivity contribution in [3.8, 4) is 0 Å². The van der Waals surface area contributed by atoms with Crippen LogP contribution in [-0.4, -0.2) is 35.5 Å². The average molecular weight is 431 g/mol. The lowest BCUT2D eigenvalue weighted by molar-refractivity contribution is -0.137. The SMILES string of the molecule is I.NC(=NCc1ccc(C(F)(F)F)cc1)N1CCSCC1. The Labute approximate surface area is 143 Å². The van der Waals surface area contributed by atoms with Crippen LogP contribution in [0.4, 0.5) is 13.2 Å². The van der Waals surface area contributed by atoms with E-state index in [1.165, 1.54) is 12.1 Å². The van der Waals surface area contributed by atoms with Crippen molar-refractivity contribution >= 4 is 41.7 Å². The number of alkyl halides is 3. The highest BCUT2D eigenvalue weighted by molar-refractivity contribution is 14.0. The summed E-state index contributed by atoms with van der Waals surface area (Å²) >= 11 is 1.88. The second-order valence-electron chi connectivity index (χ2n) is 4.47. The van der Waals surface area contributed by atoms with Crippen LogP contribution in [0.1, 0.15) is 11.1 Å². The van der Waals surface area contributed by atoms with Gasteiger partial charge in [-0.25, -0.2) is 4.99 Å². The van der Waals surface area contributed by atoms with Gasteiger partial charge in [0.05, 0.1) is 12.1 Å². The van der Waals surface area contributed by atoms with Gasteiger partial charge in [0.15, 0.2) is 5.96 Å². The Balaban J connectivity index is 0.00000220. The number of hydrogen-bond acceptors (Lipinski definition) is 2. The van der Waals surface area contributed by atoms with Gasteiger partial charge >= 0.3 is 6.18 Å². The minimum Gasteiger partial charge on any atom is -0.370 e.